The van der Waals surface area contributed by atoms with Gasteiger partial charge in [0.05, 0.1) is 10.2 Å². The summed E-state index contributed by atoms with van der Waals surface area (Å²) in [5, 5.41) is 1.06. The van der Waals surface area contributed by atoms with Gasteiger partial charge in [0.15, 0.2) is 5.13 Å². The number of rotatable bonds is 2. The lowest BCUT2D eigenvalue weighted by Gasteiger charge is -2.38. The number of ether oxygens (including phenoxy) is 1. The van der Waals surface area contributed by atoms with E-state index in [9.17, 15) is 4.79 Å². The van der Waals surface area contributed by atoms with Crippen LogP contribution in [-0.4, -0.2) is 54.2 Å². The molecule has 1 amide bonds. The zero-order chi connectivity index (χ0) is 15.9. The number of aromatic nitrogens is 1. The lowest BCUT2D eigenvalue weighted by atomic mass is 10.0. The Labute approximate surface area is 139 Å². The Morgan fingerprint density at radius 2 is 2.04 bits per heavy atom. The number of hydrogen-bond acceptors (Lipinski definition) is 5. The maximum absolute atomic E-state index is 12.7. The first-order valence-corrected chi connectivity index (χ1v) is 9.01. The minimum atomic E-state index is -0.599. The zero-order valence-electron chi connectivity index (χ0n) is 13.3. The van der Waals surface area contributed by atoms with Crippen molar-refractivity contribution < 1.29 is 9.53 Å². The largest absolute Gasteiger partial charge is 0.365 e. The normalized spacial score (nSPS) is 25.3. The van der Waals surface area contributed by atoms with Crippen LogP contribution < -0.4 is 4.90 Å². The summed E-state index contributed by atoms with van der Waals surface area (Å²) in [4.78, 5) is 21.6. The molecule has 1 atom stereocenters. The highest BCUT2D eigenvalue weighted by molar-refractivity contribution is 7.22. The topological polar surface area (TPSA) is 45.7 Å². The van der Waals surface area contributed by atoms with Crippen LogP contribution in [-0.2, 0) is 9.53 Å². The molecule has 2 aliphatic heterocycles. The van der Waals surface area contributed by atoms with Crippen molar-refractivity contribution in [3.05, 3.63) is 24.3 Å². The molecule has 0 N–H and O–H groups in total. The number of amides is 1. The summed E-state index contributed by atoms with van der Waals surface area (Å²) in [6.45, 7) is 5.79. The number of carbonyl (C=O) groups is 1. The molecule has 0 spiro atoms. The standard InChI is InChI=1S/C17H21N3O2S/c1-17(7-4-12-22-17)15(21)19-8-10-20(11-9-19)16-18-13-5-2-3-6-14(13)23-16/h2-3,5-6H,4,7-12H2,1H3/t17-/m1/s1. The fraction of sp³-hybridized carbons (Fsp3) is 0.529. The van der Waals surface area contributed by atoms with Gasteiger partial charge in [0.1, 0.15) is 5.60 Å². The summed E-state index contributed by atoms with van der Waals surface area (Å²) >= 11 is 1.72. The molecule has 4 rings (SSSR count). The maximum Gasteiger partial charge on any atom is 0.254 e. The molecule has 0 unspecified atom stereocenters. The van der Waals surface area contributed by atoms with E-state index in [0.29, 0.717) is 6.61 Å². The van der Waals surface area contributed by atoms with Gasteiger partial charge in [-0.3, -0.25) is 4.79 Å². The van der Waals surface area contributed by atoms with Crippen molar-refractivity contribution in [2.45, 2.75) is 25.4 Å². The first-order chi connectivity index (χ1) is 11.2. The minimum Gasteiger partial charge on any atom is -0.365 e. The van der Waals surface area contributed by atoms with Crippen LogP contribution >= 0.6 is 11.3 Å². The van der Waals surface area contributed by atoms with E-state index < -0.39 is 5.60 Å². The van der Waals surface area contributed by atoms with Crippen molar-refractivity contribution in [1.29, 1.82) is 0 Å². The van der Waals surface area contributed by atoms with Gasteiger partial charge in [-0.25, -0.2) is 4.98 Å². The van der Waals surface area contributed by atoms with Gasteiger partial charge in [0.2, 0.25) is 0 Å². The molecule has 5 nitrogen and oxygen atoms in total. The average Bonchev–Trinajstić information content (AvgIpc) is 3.21. The van der Waals surface area contributed by atoms with Gasteiger partial charge in [-0.1, -0.05) is 23.5 Å². The number of nitrogens with zero attached hydrogens (tertiary/aromatic N) is 3. The van der Waals surface area contributed by atoms with Gasteiger partial charge < -0.3 is 14.5 Å². The fourth-order valence-corrected chi connectivity index (χ4v) is 4.40. The van der Waals surface area contributed by atoms with Crippen LogP contribution in [0.1, 0.15) is 19.8 Å². The van der Waals surface area contributed by atoms with Crippen LogP contribution in [0, 0.1) is 0 Å². The predicted octanol–water partition coefficient (Wildman–Crippen LogP) is 2.51. The van der Waals surface area contributed by atoms with Gasteiger partial charge in [-0.05, 0) is 31.9 Å². The van der Waals surface area contributed by atoms with Gasteiger partial charge in [0, 0.05) is 32.8 Å². The molecule has 3 heterocycles. The van der Waals surface area contributed by atoms with Crippen LogP contribution in [0.2, 0.25) is 0 Å². The highest BCUT2D eigenvalue weighted by Gasteiger charge is 2.41. The highest BCUT2D eigenvalue weighted by atomic mass is 32.1. The Morgan fingerprint density at radius 3 is 2.74 bits per heavy atom. The fourth-order valence-electron chi connectivity index (χ4n) is 3.38. The zero-order valence-corrected chi connectivity index (χ0v) is 14.1. The summed E-state index contributed by atoms with van der Waals surface area (Å²) in [5.74, 6) is 0.152. The second-order valence-electron chi connectivity index (χ2n) is 6.43. The molecule has 6 heteroatoms. The van der Waals surface area contributed by atoms with Crippen LogP contribution in [0.5, 0.6) is 0 Å². The van der Waals surface area contributed by atoms with Crippen LogP contribution in [0.4, 0.5) is 5.13 Å². The second-order valence-corrected chi connectivity index (χ2v) is 7.44. The highest BCUT2D eigenvalue weighted by Crippen LogP contribution is 2.31. The molecule has 23 heavy (non-hydrogen) atoms. The van der Waals surface area contributed by atoms with E-state index in [1.54, 1.807) is 11.3 Å². The maximum atomic E-state index is 12.7. The number of hydrogen-bond donors (Lipinski definition) is 0. The number of benzene rings is 1. The monoisotopic (exact) mass is 331 g/mol. The van der Waals surface area contributed by atoms with Crippen LogP contribution in [0.25, 0.3) is 10.2 Å². The van der Waals surface area contributed by atoms with E-state index in [1.165, 1.54) is 4.70 Å². The molecule has 0 saturated carbocycles. The first-order valence-electron chi connectivity index (χ1n) is 8.20. The Kier molecular flexibility index (Phi) is 3.73. The minimum absolute atomic E-state index is 0.152. The van der Waals surface area contributed by atoms with Crippen molar-refractivity contribution in [2.24, 2.45) is 0 Å². The predicted molar refractivity (Wildman–Crippen MR) is 92.0 cm³/mol. The molecule has 0 aliphatic carbocycles. The molecule has 1 aromatic carbocycles. The molecule has 2 aliphatic rings. The quantitative estimate of drug-likeness (QED) is 0.848. The van der Waals surface area contributed by atoms with E-state index in [1.807, 2.05) is 30.0 Å². The summed E-state index contributed by atoms with van der Waals surface area (Å²) in [5.41, 5.74) is 0.454. The molecular formula is C17H21N3O2S. The van der Waals surface area contributed by atoms with E-state index in [0.717, 1.165) is 49.7 Å². The SMILES string of the molecule is C[C@]1(C(=O)N2CCN(c3nc4ccccc4s3)CC2)CCCO1. The number of para-hydroxylation sites is 1. The Morgan fingerprint density at radius 1 is 1.26 bits per heavy atom. The molecule has 2 aromatic rings. The van der Waals surface area contributed by atoms with Crippen molar-refractivity contribution >= 4 is 32.6 Å². The molecule has 2 saturated heterocycles. The molecule has 0 bridgehead atoms. The van der Waals surface area contributed by atoms with Gasteiger partial charge in [0.25, 0.3) is 5.91 Å². The average molecular weight is 331 g/mol. The van der Waals surface area contributed by atoms with E-state index in [4.69, 9.17) is 9.72 Å². The summed E-state index contributed by atoms with van der Waals surface area (Å²) in [6.07, 6.45) is 1.82. The third kappa shape index (κ3) is 2.70. The molecule has 0 radical (unpaired) electrons. The van der Waals surface area contributed by atoms with E-state index in [2.05, 4.69) is 11.0 Å². The summed E-state index contributed by atoms with van der Waals surface area (Å²) in [6, 6.07) is 8.22. The van der Waals surface area contributed by atoms with Crippen molar-refractivity contribution in [1.82, 2.24) is 9.88 Å². The number of fused-ring (bicyclic) bond motifs is 1. The van der Waals surface area contributed by atoms with Crippen molar-refractivity contribution in [3.63, 3.8) is 0 Å². The molecular weight excluding hydrogens is 310 g/mol. The van der Waals surface area contributed by atoms with E-state index in [-0.39, 0.29) is 5.91 Å². The first kappa shape index (κ1) is 14.9. The number of carbonyl (C=O) groups excluding carboxylic acids is 1. The van der Waals surface area contributed by atoms with Crippen molar-refractivity contribution in [3.8, 4) is 0 Å². The smallest absolute Gasteiger partial charge is 0.254 e. The lowest BCUT2D eigenvalue weighted by Crippen LogP contribution is -2.54. The van der Waals surface area contributed by atoms with Crippen LogP contribution in [0.3, 0.4) is 0 Å². The molecule has 2 fully saturated rings. The number of piperazine rings is 1. The number of thiazole rings is 1. The molecule has 1 aromatic heterocycles. The Bertz CT molecular complexity index is 682. The summed E-state index contributed by atoms with van der Waals surface area (Å²) in [7, 11) is 0. The van der Waals surface area contributed by atoms with Gasteiger partial charge in [-0.2, -0.15) is 0 Å². The Balaban J connectivity index is 1.43. The van der Waals surface area contributed by atoms with E-state index >= 15 is 0 Å². The lowest BCUT2D eigenvalue weighted by molar-refractivity contribution is -0.151. The third-order valence-electron chi connectivity index (χ3n) is 4.79. The molecule has 122 valence electrons. The van der Waals surface area contributed by atoms with Gasteiger partial charge >= 0.3 is 0 Å². The number of anilines is 1. The Hall–Kier alpha value is -1.66. The second kappa shape index (κ2) is 5.76. The van der Waals surface area contributed by atoms with Crippen LogP contribution in [0.15, 0.2) is 24.3 Å². The summed E-state index contributed by atoms with van der Waals surface area (Å²) < 4.78 is 6.91. The third-order valence-corrected chi connectivity index (χ3v) is 5.89. The van der Waals surface area contributed by atoms with Crippen molar-refractivity contribution in [2.75, 3.05) is 37.7 Å². The van der Waals surface area contributed by atoms with Gasteiger partial charge in [-0.15, -0.1) is 0 Å².